The number of hydrogen-bond acceptors (Lipinski definition) is 4. The zero-order valence-electron chi connectivity index (χ0n) is 10.6. The van der Waals surface area contributed by atoms with E-state index in [0.29, 0.717) is 0 Å². The first-order valence-corrected chi connectivity index (χ1v) is 7.23. The van der Waals surface area contributed by atoms with Crippen LogP contribution in [-0.2, 0) is 6.54 Å². The fourth-order valence-corrected chi connectivity index (χ4v) is 3.00. The molecule has 1 aliphatic rings. The van der Waals surface area contributed by atoms with Crippen molar-refractivity contribution >= 4 is 17.4 Å². The Morgan fingerprint density at radius 1 is 1.32 bits per heavy atom. The summed E-state index contributed by atoms with van der Waals surface area (Å²) in [6, 6.07) is 4.26. The van der Waals surface area contributed by atoms with Gasteiger partial charge >= 0.3 is 6.03 Å². The third-order valence-electron chi connectivity index (χ3n) is 3.33. The first kappa shape index (κ1) is 12.4. The van der Waals surface area contributed by atoms with Crippen molar-refractivity contribution in [1.29, 1.82) is 0 Å². The number of nitrogens with zero attached hydrogens (tertiary/aromatic N) is 4. The number of amides is 1. The number of piperazine rings is 1. The van der Waals surface area contributed by atoms with Gasteiger partial charge in [0.1, 0.15) is 6.33 Å². The molecule has 0 atom stereocenters. The van der Waals surface area contributed by atoms with Gasteiger partial charge in [0, 0.05) is 50.0 Å². The van der Waals surface area contributed by atoms with Crippen molar-refractivity contribution in [3.05, 3.63) is 41.1 Å². The number of carbonyl (C=O) groups excluding carboxylic acids is 1. The topological polar surface area (TPSA) is 41.4 Å². The highest BCUT2D eigenvalue weighted by atomic mass is 32.1. The van der Waals surface area contributed by atoms with Crippen LogP contribution >= 0.6 is 11.3 Å². The Bertz CT molecular complexity index is 515. The molecule has 0 aliphatic carbocycles. The average molecular weight is 276 g/mol. The molecule has 0 unspecified atom stereocenters. The molecule has 1 saturated heterocycles. The Balaban J connectivity index is 1.53. The number of carbonyl (C=O) groups is 1. The maximum absolute atomic E-state index is 12.1. The van der Waals surface area contributed by atoms with E-state index in [9.17, 15) is 4.79 Å². The summed E-state index contributed by atoms with van der Waals surface area (Å²) in [5.41, 5.74) is 0. The summed E-state index contributed by atoms with van der Waals surface area (Å²) in [5.74, 6) is 0. The van der Waals surface area contributed by atoms with E-state index >= 15 is 0 Å². The molecular formula is C13H16N4OS. The molecule has 2 aromatic heterocycles. The molecule has 0 saturated carbocycles. The molecule has 1 aliphatic heterocycles. The lowest BCUT2D eigenvalue weighted by molar-refractivity contribution is 0.137. The highest BCUT2D eigenvalue weighted by Gasteiger charge is 2.21. The van der Waals surface area contributed by atoms with E-state index < -0.39 is 0 Å². The highest BCUT2D eigenvalue weighted by molar-refractivity contribution is 7.09. The van der Waals surface area contributed by atoms with Crippen LogP contribution in [-0.4, -0.2) is 51.6 Å². The summed E-state index contributed by atoms with van der Waals surface area (Å²) in [7, 11) is 0. The van der Waals surface area contributed by atoms with Crippen molar-refractivity contribution in [2.45, 2.75) is 6.54 Å². The highest BCUT2D eigenvalue weighted by Crippen LogP contribution is 2.13. The van der Waals surface area contributed by atoms with E-state index in [4.69, 9.17) is 0 Å². The van der Waals surface area contributed by atoms with E-state index in [1.807, 2.05) is 4.90 Å². The standard InChI is InChI=1S/C13H16N4OS/c18-13(17-4-3-14-11-17)16-7-5-15(6-8-16)10-12-2-1-9-19-12/h1-4,9,11H,5-8,10H2. The molecular weight excluding hydrogens is 260 g/mol. The molecule has 0 spiro atoms. The quantitative estimate of drug-likeness (QED) is 0.839. The minimum absolute atomic E-state index is 0.0215. The molecule has 0 radical (unpaired) electrons. The molecule has 0 aromatic carbocycles. The maximum atomic E-state index is 12.1. The van der Waals surface area contributed by atoms with Crippen LogP contribution in [0.25, 0.3) is 0 Å². The molecule has 1 amide bonds. The van der Waals surface area contributed by atoms with E-state index in [0.717, 1.165) is 32.7 Å². The van der Waals surface area contributed by atoms with E-state index in [2.05, 4.69) is 27.4 Å². The zero-order valence-corrected chi connectivity index (χ0v) is 11.4. The van der Waals surface area contributed by atoms with E-state index in [1.54, 1.807) is 30.1 Å². The second-order valence-electron chi connectivity index (χ2n) is 4.60. The van der Waals surface area contributed by atoms with E-state index in [-0.39, 0.29) is 6.03 Å². The molecule has 3 heterocycles. The van der Waals surface area contributed by atoms with Gasteiger partial charge in [0.05, 0.1) is 0 Å². The lowest BCUT2D eigenvalue weighted by Crippen LogP contribution is -2.49. The molecule has 6 heteroatoms. The third-order valence-corrected chi connectivity index (χ3v) is 4.19. The predicted molar refractivity (Wildman–Crippen MR) is 74.2 cm³/mol. The fraction of sp³-hybridized carbons (Fsp3) is 0.385. The summed E-state index contributed by atoms with van der Waals surface area (Å²) < 4.78 is 1.54. The maximum Gasteiger partial charge on any atom is 0.329 e. The van der Waals surface area contributed by atoms with Gasteiger partial charge in [-0.1, -0.05) is 6.07 Å². The number of hydrogen-bond donors (Lipinski definition) is 0. The summed E-state index contributed by atoms with van der Waals surface area (Å²) in [5, 5.41) is 2.11. The lowest BCUT2D eigenvalue weighted by Gasteiger charge is -2.34. The largest absolute Gasteiger partial charge is 0.329 e. The van der Waals surface area contributed by atoms with Crippen LogP contribution in [0, 0.1) is 0 Å². The van der Waals surface area contributed by atoms with Crippen LogP contribution in [0.1, 0.15) is 4.88 Å². The van der Waals surface area contributed by atoms with Crippen molar-refractivity contribution in [3.8, 4) is 0 Å². The van der Waals surface area contributed by atoms with Crippen molar-refractivity contribution in [2.75, 3.05) is 26.2 Å². The number of thiophene rings is 1. The van der Waals surface area contributed by atoms with Crippen LogP contribution < -0.4 is 0 Å². The van der Waals surface area contributed by atoms with Crippen molar-refractivity contribution in [2.24, 2.45) is 0 Å². The van der Waals surface area contributed by atoms with Crippen LogP contribution in [0.5, 0.6) is 0 Å². The SMILES string of the molecule is O=C(N1CCN(Cc2cccs2)CC1)n1ccnc1. The van der Waals surface area contributed by atoms with Crippen molar-refractivity contribution < 1.29 is 4.79 Å². The van der Waals surface area contributed by atoms with Gasteiger partial charge < -0.3 is 4.90 Å². The van der Waals surface area contributed by atoms with Gasteiger partial charge in [-0.15, -0.1) is 11.3 Å². The smallest absolute Gasteiger partial charge is 0.321 e. The van der Waals surface area contributed by atoms with Gasteiger partial charge in [0.2, 0.25) is 0 Å². The number of aromatic nitrogens is 2. The van der Waals surface area contributed by atoms with Crippen LogP contribution in [0.2, 0.25) is 0 Å². The summed E-state index contributed by atoms with van der Waals surface area (Å²) in [4.78, 5) is 21.7. The van der Waals surface area contributed by atoms with Gasteiger partial charge in [-0.3, -0.25) is 9.47 Å². The summed E-state index contributed by atoms with van der Waals surface area (Å²) in [6.07, 6.45) is 4.88. The van der Waals surface area contributed by atoms with Crippen LogP contribution in [0.3, 0.4) is 0 Å². The number of imidazole rings is 1. The summed E-state index contributed by atoms with van der Waals surface area (Å²) >= 11 is 1.79. The Hall–Kier alpha value is -1.66. The Morgan fingerprint density at radius 2 is 2.16 bits per heavy atom. The molecule has 1 fully saturated rings. The van der Waals surface area contributed by atoms with Crippen LogP contribution in [0.4, 0.5) is 4.79 Å². The average Bonchev–Trinajstić information content (AvgIpc) is 3.12. The molecule has 5 nitrogen and oxygen atoms in total. The third kappa shape index (κ3) is 2.85. The normalized spacial score (nSPS) is 16.7. The molecule has 100 valence electrons. The Morgan fingerprint density at radius 3 is 2.79 bits per heavy atom. The van der Waals surface area contributed by atoms with Crippen LogP contribution in [0.15, 0.2) is 36.2 Å². The number of rotatable bonds is 2. The Labute approximate surface area is 116 Å². The first-order valence-electron chi connectivity index (χ1n) is 6.35. The molecule has 2 aromatic rings. The van der Waals surface area contributed by atoms with Gasteiger partial charge in [-0.2, -0.15) is 0 Å². The monoisotopic (exact) mass is 276 g/mol. The second-order valence-corrected chi connectivity index (χ2v) is 5.63. The lowest BCUT2D eigenvalue weighted by atomic mass is 10.3. The minimum Gasteiger partial charge on any atom is -0.321 e. The van der Waals surface area contributed by atoms with E-state index in [1.165, 1.54) is 9.44 Å². The molecule has 19 heavy (non-hydrogen) atoms. The van der Waals surface area contributed by atoms with Crippen molar-refractivity contribution in [3.63, 3.8) is 0 Å². The van der Waals surface area contributed by atoms with Crippen molar-refractivity contribution in [1.82, 2.24) is 19.4 Å². The zero-order chi connectivity index (χ0) is 13.1. The molecule has 3 rings (SSSR count). The van der Waals surface area contributed by atoms with Gasteiger partial charge in [-0.25, -0.2) is 9.78 Å². The van der Waals surface area contributed by atoms with Gasteiger partial charge in [0.15, 0.2) is 0 Å². The molecule has 0 bridgehead atoms. The second kappa shape index (κ2) is 5.54. The first-order chi connectivity index (χ1) is 9.33. The fourth-order valence-electron chi connectivity index (χ4n) is 2.26. The minimum atomic E-state index is 0.0215. The van der Waals surface area contributed by atoms with Gasteiger partial charge in [0.25, 0.3) is 0 Å². The molecule has 0 N–H and O–H groups in total. The Kier molecular flexibility index (Phi) is 3.61. The predicted octanol–water partition coefficient (Wildman–Crippen LogP) is 1.73. The summed E-state index contributed by atoms with van der Waals surface area (Å²) in [6.45, 7) is 4.41. The van der Waals surface area contributed by atoms with Gasteiger partial charge in [-0.05, 0) is 11.4 Å².